The maximum atomic E-state index is 9.83. The number of rotatable bonds is 4. The van der Waals surface area contributed by atoms with Crippen LogP contribution in [0.4, 0.5) is 5.82 Å². The van der Waals surface area contributed by atoms with Crippen LogP contribution in [0.25, 0.3) is 0 Å². The minimum Gasteiger partial charge on any atom is -0.487 e. The second-order valence-corrected chi connectivity index (χ2v) is 6.27. The van der Waals surface area contributed by atoms with Crippen LogP contribution in [0.2, 0.25) is 0 Å². The summed E-state index contributed by atoms with van der Waals surface area (Å²) in [4.78, 5) is 4.07. The highest BCUT2D eigenvalue weighted by Gasteiger charge is 2.21. The number of aromatic nitrogens is 1. The van der Waals surface area contributed by atoms with Gasteiger partial charge in [-0.2, -0.15) is 0 Å². The van der Waals surface area contributed by atoms with Crippen LogP contribution in [0, 0.1) is 5.41 Å². The molecule has 6 nitrogen and oxygen atoms in total. The Morgan fingerprint density at radius 1 is 1.41 bits per heavy atom. The number of hydrogen-bond donors (Lipinski definition) is 4. The molecule has 0 radical (unpaired) electrons. The van der Waals surface area contributed by atoms with E-state index in [1.807, 2.05) is 32.9 Å². The second-order valence-electron chi connectivity index (χ2n) is 5.48. The number of nitrogens with two attached hydrogens (primary N) is 1. The zero-order chi connectivity index (χ0) is 17.2. The summed E-state index contributed by atoms with van der Waals surface area (Å²) in [6.45, 7) is 6.35. The molecule has 0 aliphatic rings. The predicted octanol–water partition coefficient (Wildman–Crippen LogP) is 2.38. The molecule has 8 heteroatoms. The zero-order valence-electron chi connectivity index (χ0n) is 12.9. The summed E-state index contributed by atoms with van der Waals surface area (Å²) in [6, 6.07) is 5.50. The highest BCUT2D eigenvalue weighted by Crippen LogP contribution is 2.21. The smallest absolute Gasteiger partial charge is 0.262 e. The van der Waals surface area contributed by atoms with Crippen molar-refractivity contribution in [3.8, 4) is 0 Å². The Morgan fingerprint density at radius 2 is 2.00 bits per heavy atom. The first-order valence-corrected chi connectivity index (χ1v) is 7.46. The first kappa shape index (κ1) is 20.5. The number of aliphatic hydroxyl groups excluding tert-OH is 2. The van der Waals surface area contributed by atoms with Crippen molar-refractivity contribution in [2.24, 2.45) is 11.1 Å². The van der Waals surface area contributed by atoms with E-state index < -0.39 is 11.3 Å². The van der Waals surface area contributed by atoms with Crippen LogP contribution < -0.4 is 11.1 Å². The monoisotopic (exact) mass is 345 g/mol. The van der Waals surface area contributed by atoms with Gasteiger partial charge >= 0.3 is 0 Å². The van der Waals surface area contributed by atoms with Crippen LogP contribution in [-0.2, 0) is 4.74 Å². The van der Waals surface area contributed by atoms with Crippen molar-refractivity contribution in [3.63, 3.8) is 0 Å². The first-order chi connectivity index (χ1) is 10.1. The topological polar surface area (TPSA) is 101 Å². The Balaban J connectivity index is 0.000000980. The minimum absolute atomic E-state index is 0.139. The van der Waals surface area contributed by atoms with E-state index in [1.165, 1.54) is 0 Å². The molecule has 1 aromatic heterocycles. The SMILES string of the molecule is CC(C)(C)C(O)CCOC(=S)Nc1ccccn1.NC(O)=S. The van der Waals surface area contributed by atoms with Crippen molar-refractivity contribution in [1.82, 2.24) is 4.98 Å². The lowest BCUT2D eigenvalue weighted by atomic mass is 9.87. The van der Waals surface area contributed by atoms with Crippen molar-refractivity contribution >= 4 is 40.6 Å². The van der Waals surface area contributed by atoms with Crippen molar-refractivity contribution in [3.05, 3.63) is 24.4 Å². The summed E-state index contributed by atoms with van der Waals surface area (Å²) < 4.78 is 5.33. The normalized spacial score (nSPS) is 11.6. The number of anilines is 1. The molecular formula is C14H23N3O3S2. The lowest BCUT2D eigenvalue weighted by molar-refractivity contribution is 0.0426. The van der Waals surface area contributed by atoms with Gasteiger partial charge in [0.15, 0.2) is 0 Å². The average Bonchev–Trinajstić information content (AvgIpc) is 2.38. The van der Waals surface area contributed by atoms with E-state index in [-0.39, 0.29) is 10.6 Å². The van der Waals surface area contributed by atoms with Crippen molar-refractivity contribution in [1.29, 1.82) is 0 Å². The number of thiocarbonyl (C=S) groups is 2. The van der Waals surface area contributed by atoms with Crippen LogP contribution in [0.5, 0.6) is 0 Å². The van der Waals surface area contributed by atoms with E-state index in [9.17, 15) is 5.11 Å². The summed E-state index contributed by atoms with van der Waals surface area (Å²) in [7, 11) is 0. The molecule has 0 spiro atoms. The maximum Gasteiger partial charge on any atom is 0.262 e. The second kappa shape index (κ2) is 10.3. The van der Waals surface area contributed by atoms with Gasteiger partial charge in [-0.25, -0.2) is 4.98 Å². The quantitative estimate of drug-likeness (QED) is 0.617. The van der Waals surface area contributed by atoms with Gasteiger partial charge in [-0.15, -0.1) is 0 Å². The number of hydrogen-bond acceptors (Lipinski definition) is 5. The Kier molecular flexibility index (Phi) is 9.55. The number of nitrogens with zero attached hydrogens (tertiary/aromatic N) is 1. The molecule has 1 rings (SSSR count). The molecule has 1 aromatic rings. The fourth-order valence-corrected chi connectivity index (χ4v) is 1.46. The number of pyridine rings is 1. The summed E-state index contributed by atoms with van der Waals surface area (Å²) in [5.41, 5.74) is 4.26. The third kappa shape index (κ3) is 11.2. The van der Waals surface area contributed by atoms with Gasteiger partial charge in [-0.1, -0.05) is 26.8 Å². The zero-order valence-corrected chi connectivity index (χ0v) is 14.6. The van der Waals surface area contributed by atoms with E-state index in [4.69, 9.17) is 22.1 Å². The molecule has 0 aliphatic heterocycles. The van der Waals surface area contributed by atoms with E-state index in [0.717, 1.165) is 0 Å². The van der Waals surface area contributed by atoms with Gasteiger partial charge in [0.2, 0.25) is 0 Å². The van der Waals surface area contributed by atoms with Gasteiger partial charge < -0.3 is 26.0 Å². The molecule has 0 saturated heterocycles. The molecular weight excluding hydrogens is 322 g/mol. The van der Waals surface area contributed by atoms with Crippen molar-refractivity contribution in [2.45, 2.75) is 33.3 Å². The summed E-state index contributed by atoms with van der Waals surface area (Å²) in [5.74, 6) is 0.652. The molecule has 0 aliphatic carbocycles. The Labute approximate surface area is 141 Å². The predicted molar refractivity (Wildman–Crippen MR) is 95.9 cm³/mol. The number of nitrogens with one attached hydrogen (secondary N) is 1. The third-order valence-electron chi connectivity index (χ3n) is 2.52. The molecule has 124 valence electrons. The largest absolute Gasteiger partial charge is 0.487 e. The molecule has 0 fully saturated rings. The highest BCUT2D eigenvalue weighted by molar-refractivity contribution is 7.80. The van der Waals surface area contributed by atoms with Crippen LogP contribution in [0.1, 0.15) is 27.2 Å². The van der Waals surface area contributed by atoms with Gasteiger partial charge in [0.05, 0.1) is 12.7 Å². The Morgan fingerprint density at radius 3 is 2.45 bits per heavy atom. The molecule has 22 heavy (non-hydrogen) atoms. The molecule has 1 unspecified atom stereocenters. The summed E-state index contributed by atoms with van der Waals surface area (Å²) >= 11 is 8.90. The van der Waals surface area contributed by atoms with Gasteiger partial charge in [0, 0.05) is 12.6 Å². The molecule has 1 heterocycles. The Hall–Kier alpha value is -1.51. The lowest BCUT2D eigenvalue weighted by Crippen LogP contribution is -2.28. The summed E-state index contributed by atoms with van der Waals surface area (Å²) in [5, 5.41) is 20.0. The molecule has 0 amide bonds. The fraction of sp³-hybridized carbons (Fsp3) is 0.500. The lowest BCUT2D eigenvalue weighted by Gasteiger charge is -2.25. The third-order valence-corrected chi connectivity index (χ3v) is 2.74. The van der Waals surface area contributed by atoms with Crippen LogP contribution >= 0.6 is 24.4 Å². The standard InChI is InChI=1S/C13H20N2O2S.CH3NOS/c1-13(2,3)10(16)7-9-17-12(18)15-11-6-4-5-8-14-11;2-1(3)4/h4-6,8,10,16H,7,9H2,1-3H3,(H,14,15,18);(H3,2,3,4). The highest BCUT2D eigenvalue weighted by atomic mass is 32.1. The van der Waals surface area contributed by atoms with Gasteiger partial charge in [0.25, 0.3) is 10.3 Å². The van der Waals surface area contributed by atoms with Gasteiger partial charge in [-0.05, 0) is 42.0 Å². The Bertz CT molecular complexity index is 460. The van der Waals surface area contributed by atoms with Gasteiger partial charge in [-0.3, -0.25) is 0 Å². The summed E-state index contributed by atoms with van der Waals surface area (Å²) in [6.07, 6.45) is 1.82. The first-order valence-electron chi connectivity index (χ1n) is 6.64. The average molecular weight is 345 g/mol. The van der Waals surface area contributed by atoms with Gasteiger partial charge in [0.1, 0.15) is 5.82 Å². The molecule has 5 N–H and O–H groups in total. The number of ether oxygens (including phenoxy) is 1. The van der Waals surface area contributed by atoms with Crippen LogP contribution in [0.15, 0.2) is 24.4 Å². The van der Waals surface area contributed by atoms with Crippen LogP contribution in [0.3, 0.4) is 0 Å². The van der Waals surface area contributed by atoms with Crippen molar-refractivity contribution in [2.75, 3.05) is 11.9 Å². The molecule has 0 bridgehead atoms. The molecule has 1 atom stereocenters. The minimum atomic E-state index is -0.500. The van der Waals surface area contributed by atoms with Crippen LogP contribution in [-0.4, -0.2) is 38.3 Å². The maximum absolute atomic E-state index is 9.83. The van der Waals surface area contributed by atoms with E-state index in [2.05, 4.69) is 28.3 Å². The fourth-order valence-electron chi connectivity index (χ4n) is 1.27. The van der Waals surface area contributed by atoms with Crippen molar-refractivity contribution < 1.29 is 14.9 Å². The van der Waals surface area contributed by atoms with E-state index in [1.54, 1.807) is 12.3 Å². The van der Waals surface area contributed by atoms with E-state index in [0.29, 0.717) is 18.8 Å². The number of aliphatic hydroxyl groups is 2. The molecule has 0 aromatic carbocycles. The van der Waals surface area contributed by atoms with E-state index >= 15 is 0 Å². The molecule has 0 saturated carbocycles.